The number of rotatable bonds is 5. The molecule has 1 unspecified atom stereocenters. The van der Waals surface area contributed by atoms with E-state index in [1.165, 1.54) is 0 Å². The molecule has 3 aromatic rings. The lowest BCUT2D eigenvalue weighted by Crippen LogP contribution is -2.26. The van der Waals surface area contributed by atoms with Crippen molar-refractivity contribution in [1.29, 1.82) is 0 Å². The second kappa shape index (κ2) is 6.62. The molecule has 0 saturated heterocycles. The molecule has 118 valence electrons. The van der Waals surface area contributed by atoms with Crippen LogP contribution in [0.1, 0.15) is 34.1 Å². The molecule has 0 aliphatic carbocycles. The number of carbonyl (C=O) groups excluding carboxylic acids is 1. The van der Waals surface area contributed by atoms with E-state index in [9.17, 15) is 9.90 Å². The van der Waals surface area contributed by atoms with Crippen LogP contribution in [0.2, 0.25) is 0 Å². The Hall–Kier alpha value is -2.66. The number of carbonyl (C=O) groups is 1. The number of nitrogens with zero attached hydrogens (tertiary/aromatic N) is 1. The number of aliphatic hydroxyl groups excluding tert-OH is 1. The SMILES string of the molecule is Cc1ccc2[nH]nc(C(=O)NCCC(O)c3ccccc3)c2c1. The van der Waals surface area contributed by atoms with Crippen LogP contribution >= 0.6 is 0 Å². The van der Waals surface area contributed by atoms with Gasteiger partial charge in [0.15, 0.2) is 5.69 Å². The number of hydrogen-bond acceptors (Lipinski definition) is 3. The van der Waals surface area contributed by atoms with Crippen molar-refractivity contribution < 1.29 is 9.90 Å². The summed E-state index contributed by atoms with van der Waals surface area (Å²) in [5.41, 5.74) is 3.15. The van der Waals surface area contributed by atoms with E-state index in [2.05, 4.69) is 15.5 Å². The highest BCUT2D eigenvalue weighted by atomic mass is 16.3. The van der Waals surface area contributed by atoms with Crippen molar-refractivity contribution in [2.45, 2.75) is 19.4 Å². The Labute approximate surface area is 134 Å². The minimum Gasteiger partial charge on any atom is -0.388 e. The molecule has 0 fully saturated rings. The molecule has 3 rings (SSSR count). The Bertz CT molecular complexity index is 812. The van der Waals surface area contributed by atoms with E-state index >= 15 is 0 Å². The Morgan fingerprint density at radius 1 is 1.26 bits per heavy atom. The number of fused-ring (bicyclic) bond motifs is 1. The summed E-state index contributed by atoms with van der Waals surface area (Å²) in [5.74, 6) is -0.234. The molecular formula is C18H19N3O2. The number of aromatic amines is 1. The average molecular weight is 309 g/mol. The number of aliphatic hydroxyl groups is 1. The van der Waals surface area contributed by atoms with Gasteiger partial charge < -0.3 is 10.4 Å². The van der Waals surface area contributed by atoms with Crippen LogP contribution in [0, 0.1) is 6.92 Å². The summed E-state index contributed by atoms with van der Waals surface area (Å²) in [7, 11) is 0. The van der Waals surface area contributed by atoms with Gasteiger partial charge in [-0.3, -0.25) is 9.89 Å². The third-order valence-corrected chi connectivity index (χ3v) is 3.82. The molecule has 23 heavy (non-hydrogen) atoms. The van der Waals surface area contributed by atoms with Gasteiger partial charge in [0, 0.05) is 11.9 Å². The first-order valence-corrected chi connectivity index (χ1v) is 7.61. The lowest BCUT2D eigenvalue weighted by atomic mass is 10.1. The van der Waals surface area contributed by atoms with Crippen LogP contribution in [-0.2, 0) is 0 Å². The number of amides is 1. The van der Waals surface area contributed by atoms with Gasteiger partial charge in [-0.15, -0.1) is 0 Å². The van der Waals surface area contributed by atoms with Crippen molar-refractivity contribution in [2.75, 3.05) is 6.54 Å². The maximum Gasteiger partial charge on any atom is 0.272 e. The third kappa shape index (κ3) is 3.40. The van der Waals surface area contributed by atoms with Gasteiger partial charge in [-0.1, -0.05) is 42.0 Å². The summed E-state index contributed by atoms with van der Waals surface area (Å²) in [4.78, 5) is 12.3. The van der Waals surface area contributed by atoms with Crippen LogP contribution in [0.3, 0.4) is 0 Å². The molecule has 3 N–H and O–H groups in total. The van der Waals surface area contributed by atoms with Crippen molar-refractivity contribution in [3.63, 3.8) is 0 Å². The quantitative estimate of drug-likeness (QED) is 0.678. The minimum atomic E-state index is -0.588. The van der Waals surface area contributed by atoms with Gasteiger partial charge >= 0.3 is 0 Å². The largest absolute Gasteiger partial charge is 0.388 e. The number of H-pyrrole nitrogens is 1. The minimum absolute atomic E-state index is 0.234. The maximum absolute atomic E-state index is 12.3. The summed E-state index contributed by atoms with van der Waals surface area (Å²) < 4.78 is 0. The monoisotopic (exact) mass is 309 g/mol. The van der Waals surface area contributed by atoms with E-state index in [-0.39, 0.29) is 5.91 Å². The van der Waals surface area contributed by atoms with Crippen molar-refractivity contribution >= 4 is 16.8 Å². The zero-order valence-electron chi connectivity index (χ0n) is 12.9. The predicted molar refractivity (Wildman–Crippen MR) is 89.2 cm³/mol. The van der Waals surface area contributed by atoms with Gasteiger partial charge in [0.2, 0.25) is 0 Å². The van der Waals surface area contributed by atoms with E-state index < -0.39 is 6.10 Å². The van der Waals surface area contributed by atoms with E-state index in [0.29, 0.717) is 18.7 Å². The highest BCUT2D eigenvalue weighted by Crippen LogP contribution is 2.18. The highest BCUT2D eigenvalue weighted by Gasteiger charge is 2.14. The van der Waals surface area contributed by atoms with Crippen molar-refractivity contribution in [3.05, 3.63) is 65.4 Å². The normalized spacial score (nSPS) is 12.3. The van der Waals surface area contributed by atoms with E-state index in [1.807, 2.05) is 55.5 Å². The maximum atomic E-state index is 12.3. The first-order chi connectivity index (χ1) is 11.1. The Morgan fingerprint density at radius 3 is 2.83 bits per heavy atom. The van der Waals surface area contributed by atoms with Crippen molar-refractivity contribution in [1.82, 2.24) is 15.5 Å². The number of nitrogens with one attached hydrogen (secondary N) is 2. The summed E-state index contributed by atoms with van der Waals surface area (Å²) in [5, 5.41) is 20.7. The fourth-order valence-electron chi connectivity index (χ4n) is 2.55. The van der Waals surface area contributed by atoms with E-state index in [0.717, 1.165) is 22.0 Å². The van der Waals surface area contributed by atoms with Crippen LogP contribution in [-0.4, -0.2) is 27.8 Å². The van der Waals surface area contributed by atoms with Crippen molar-refractivity contribution in [2.24, 2.45) is 0 Å². The second-order valence-electron chi connectivity index (χ2n) is 5.59. The zero-order chi connectivity index (χ0) is 16.2. The Morgan fingerprint density at radius 2 is 2.04 bits per heavy atom. The van der Waals surface area contributed by atoms with Crippen molar-refractivity contribution in [3.8, 4) is 0 Å². The third-order valence-electron chi connectivity index (χ3n) is 3.82. The molecule has 5 nitrogen and oxygen atoms in total. The summed E-state index contributed by atoms with van der Waals surface area (Å²) in [6, 6.07) is 15.2. The van der Waals surface area contributed by atoms with Gasteiger partial charge in [-0.25, -0.2) is 0 Å². The van der Waals surface area contributed by atoms with Gasteiger partial charge in [0.05, 0.1) is 11.6 Å². The molecule has 0 aliphatic heterocycles. The van der Waals surface area contributed by atoms with Crippen LogP contribution in [0.25, 0.3) is 10.9 Å². The lowest BCUT2D eigenvalue weighted by Gasteiger charge is -2.11. The zero-order valence-corrected chi connectivity index (χ0v) is 12.9. The predicted octanol–water partition coefficient (Wildman–Crippen LogP) is 2.72. The molecule has 0 bridgehead atoms. The number of aromatic nitrogens is 2. The van der Waals surface area contributed by atoms with Crippen LogP contribution in [0.5, 0.6) is 0 Å². The molecule has 1 aromatic heterocycles. The van der Waals surface area contributed by atoms with Crippen LogP contribution in [0.4, 0.5) is 0 Å². The molecule has 0 aliphatic rings. The molecule has 0 spiro atoms. The standard InChI is InChI=1S/C18H19N3O2/c1-12-7-8-15-14(11-12)17(21-20-15)18(23)19-10-9-16(22)13-5-3-2-4-6-13/h2-8,11,16,22H,9-10H2,1H3,(H,19,23)(H,20,21). The molecule has 0 radical (unpaired) electrons. The molecule has 1 heterocycles. The number of benzene rings is 2. The summed E-state index contributed by atoms with van der Waals surface area (Å²) >= 11 is 0. The van der Waals surface area contributed by atoms with Crippen LogP contribution < -0.4 is 5.32 Å². The molecule has 0 saturated carbocycles. The molecule has 1 atom stereocenters. The Balaban J connectivity index is 1.62. The highest BCUT2D eigenvalue weighted by molar-refractivity contribution is 6.04. The Kier molecular flexibility index (Phi) is 4.39. The molecule has 1 amide bonds. The summed E-state index contributed by atoms with van der Waals surface area (Å²) in [6.07, 6.45) is -0.133. The van der Waals surface area contributed by atoms with Gasteiger partial charge in [0.1, 0.15) is 0 Å². The van der Waals surface area contributed by atoms with Gasteiger partial charge in [-0.2, -0.15) is 5.10 Å². The smallest absolute Gasteiger partial charge is 0.272 e. The van der Waals surface area contributed by atoms with Gasteiger partial charge in [-0.05, 0) is 31.0 Å². The fraction of sp³-hybridized carbons (Fsp3) is 0.222. The van der Waals surface area contributed by atoms with E-state index in [1.54, 1.807) is 0 Å². The second-order valence-corrected chi connectivity index (χ2v) is 5.59. The average Bonchev–Trinajstić information content (AvgIpc) is 2.98. The van der Waals surface area contributed by atoms with Crippen LogP contribution in [0.15, 0.2) is 48.5 Å². The first-order valence-electron chi connectivity index (χ1n) is 7.61. The molecular weight excluding hydrogens is 290 g/mol. The molecule has 5 heteroatoms. The van der Waals surface area contributed by atoms with Gasteiger partial charge in [0.25, 0.3) is 5.91 Å². The lowest BCUT2D eigenvalue weighted by molar-refractivity contribution is 0.0939. The fourth-order valence-corrected chi connectivity index (χ4v) is 2.55. The number of aryl methyl sites for hydroxylation is 1. The topological polar surface area (TPSA) is 78.0 Å². The first kappa shape index (κ1) is 15.2. The summed E-state index contributed by atoms with van der Waals surface area (Å²) in [6.45, 7) is 2.36. The molecule has 2 aromatic carbocycles. The van der Waals surface area contributed by atoms with E-state index in [4.69, 9.17) is 0 Å². The number of hydrogen-bond donors (Lipinski definition) is 3.